The zero-order chi connectivity index (χ0) is 21.1. The Morgan fingerprint density at radius 2 is 1.87 bits per heavy atom. The number of aryl methyl sites for hydroxylation is 1. The summed E-state index contributed by atoms with van der Waals surface area (Å²) < 4.78 is 5.50. The molecule has 30 heavy (non-hydrogen) atoms. The van der Waals surface area contributed by atoms with Gasteiger partial charge >= 0.3 is 0 Å². The number of amides is 1. The molecule has 2 saturated heterocycles. The minimum atomic E-state index is -0.179. The first kappa shape index (κ1) is 20.5. The lowest BCUT2D eigenvalue weighted by atomic mass is 9.73. The number of pyridine rings is 1. The van der Waals surface area contributed by atoms with E-state index in [1.54, 1.807) is 24.3 Å². The number of aromatic nitrogens is 1. The first-order valence-corrected chi connectivity index (χ1v) is 10.7. The van der Waals surface area contributed by atoms with E-state index in [4.69, 9.17) is 4.74 Å². The van der Waals surface area contributed by atoms with E-state index >= 15 is 0 Å². The summed E-state index contributed by atoms with van der Waals surface area (Å²) in [4.78, 5) is 31.9. The highest BCUT2D eigenvalue weighted by Crippen LogP contribution is 2.42. The number of Topliss-reactive ketones (excluding diaryl/α,β-unsaturated/α-hetero) is 1. The van der Waals surface area contributed by atoms with Gasteiger partial charge in [0.2, 0.25) is 0 Å². The zero-order valence-corrected chi connectivity index (χ0v) is 17.7. The molecule has 0 unspecified atom stereocenters. The van der Waals surface area contributed by atoms with Gasteiger partial charge < -0.3 is 15.0 Å². The monoisotopic (exact) mass is 407 g/mol. The summed E-state index contributed by atoms with van der Waals surface area (Å²) >= 11 is 0. The van der Waals surface area contributed by atoms with E-state index in [1.807, 2.05) is 26.1 Å². The molecular formula is C24H29N3O3. The number of ether oxygens (including phenoxy) is 1. The standard InChI is InChI=1S/C24H29N3O3/c1-3-4-21(28)18-5-7-19(8-6-18)26-23(29)20-13-17(2)14-25-22(20)27-15-24(16-27)9-11-30-12-10-24/h5-8,13-14H,3-4,9-12,15-16H2,1-2H3,(H,26,29). The van der Waals surface area contributed by atoms with Crippen LogP contribution < -0.4 is 10.2 Å². The van der Waals surface area contributed by atoms with Crippen LogP contribution in [0.15, 0.2) is 36.5 Å². The number of hydrogen-bond donors (Lipinski definition) is 1. The van der Waals surface area contributed by atoms with Crippen molar-refractivity contribution in [1.82, 2.24) is 4.98 Å². The van der Waals surface area contributed by atoms with Gasteiger partial charge in [-0.25, -0.2) is 4.98 Å². The van der Waals surface area contributed by atoms with Gasteiger partial charge in [0.1, 0.15) is 5.82 Å². The number of ketones is 1. The van der Waals surface area contributed by atoms with Crippen molar-refractivity contribution in [1.29, 1.82) is 0 Å². The fraction of sp³-hybridized carbons (Fsp3) is 0.458. The normalized spacial score (nSPS) is 17.5. The quantitative estimate of drug-likeness (QED) is 0.725. The van der Waals surface area contributed by atoms with Crippen LogP contribution in [0.1, 0.15) is 58.9 Å². The van der Waals surface area contributed by atoms with Crippen LogP contribution in [0.25, 0.3) is 0 Å². The van der Waals surface area contributed by atoms with Crippen molar-refractivity contribution >= 4 is 23.2 Å². The molecule has 1 amide bonds. The number of rotatable bonds is 6. The molecule has 2 fully saturated rings. The fourth-order valence-electron chi connectivity index (χ4n) is 4.32. The maximum atomic E-state index is 13.1. The van der Waals surface area contributed by atoms with Gasteiger partial charge in [0.25, 0.3) is 5.91 Å². The van der Waals surface area contributed by atoms with Crippen molar-refractivity contribution in [3.8, 4) is 0 Å². The van der Waals surface area contributed by atoms with Gasteiger partial charge in [-0.05, 0) is 62.1 Å². The fourth-order valence-corrected chi connectivity index (χ4v) is 4.32. The third-order valence-corrected chi connectivity index (χ3v) is 6.10. The second-order valence-electron chi connectivity index (χ2n) is 8.56. The Balaban J connectivity index is 1.47. The predicted molar refractivity (Wildman–Crippen MR) is 117 cm³/mol. The van der Waals surface area contributed by atoms with E-state index in [9.17, 15) is 9.59 Å². The average Bonchev–Trinajstić information content (AvgIpc) is 2.73. The van der Waals surface area contributed by atoms with E-state index in [0.29, 0.717) is 28.7 Å². The molecule has 3 heterocycles. The molecule has 2 aromatic rings. The number of nitrogens with one attached hydrogen (secondary N) is 1. The molecule has 4 rings (SSSR count). The molecule has 1 N–H and O–H groups in total. The highest BCUT2D eigenvalue weighted by Gasteiger charge is 2.45. The summed E-state index contributed by atoms with van der Waals surface area (Å²) in [7, 11) is 0. The van der Waals surface area contributed by atoms with Crippen LogP contribution in [-0.4, -0.2) is 43.0 Å². The van der Waals surface area contributed by atoms with Crippen molar-refractivity contribution in [3.05, 3.63) is 53.2 Å². The van der Waals surface area contributed by atoms with Gasteiger partial charge in [0.15, 0.2) is 5.78 Å². The van der Waals surface area contributed by atoms with Crippen LogP contribution in [-0.2, 0) is 4.74 Å². The van der Waals surface area contributed by atoms with Crippen LogP contribution in [0.3, 0.4) is 0 Å². The number of hydrogen-bond acceptors (Lipinski definition) is 5. The van der Waals surface area contributed by atoms with Crippen molar-refractivity contribution in [3.63, 3.8) is 0 Å². The van der Waals surface area contributed by atoms with Gasteiger partial charge in [0.05, 0.1) is 5.56 Å². The Labute approximate surface area is 177 Å². The summed E-state index contributed by atoms with van der Waals surface area (Å²) in [6.07, 6.45) is 5.31. The molecule has 6 heteroatoms. The van der Waals surface area contributed by atoms with Crippen molar-refractivity contribution in [2.75, 3.05) is 36.5 Å². The number of carbonyl (C=O) groups excluding carboxylic acids is 2. The van der Waals surface area contributed by atoms with Crippen molar-refractivity contribution in [2.24, 2.45) is 5.41 Å². The van der Waals surface area contributed by atoms with E-state index in [-0.39, 0.29) is 11.7 Å². The minimum Gasteiger partial charge on any atom is -0.381 e. The third kappa shape index (κ3) is 4.24. The molecule has 0 saturated carbocycles. The average molecular weight is 408 g/mol. The first-order chi connectivity index (χ1) is 14.5. The topological polar surface area (TPSA) is 71.5 Å². The molecule has 6 nitrogen and oxygen atoms in total. The van der Waals surface area contributed by atoms with Gasteiger partial charge in [-0.1, -0.05) is 6.92 Å². The molecular weight excluding hydrogens is 378 g/mol. The summed E-state index contributed by atoms with van der Waals surface area (Å²) in [5, 5.41) is 2.96. The van der Waals surface area contributed by atoms with Gasteiger partial charge in [-0.15, -0.1) is 0 Å². The number of carbonyl (C=O) groups is 2. The molecule has 1 aromatic carbocycles. The van der Waals surface area contributed by atoms with Crippen LogP contribution in [0.4, 0.5) is 11.5 Å². The molecule has 2 aliphatic rings. The molecule has 0 radical (unpaired) electrons. The van der Waals surface area contributed by atoms with Gasteiger partial charge in [0, 0.05) is 55.6 Å². The smallest absolute Gasteiger partial charge is 0.259 e. The van der Waals surface area contributed by atoms with E-state index < -0.39 is 0 Å². The third-order valence-electron chi connectivity index (χ3n) is 6.10. The Morgan fingerprint density at radius 1 is 1.17 bits per heavy atom. The number of benzene rings is 1. The highest BCUT2D eigenvalue weighted by molar-refractivity contribution is 6.08. The predicted octanol–water partition coefficient (Wildman–Crippen LogP) is 4.24. The first-order valence-electron chi connectivity index (χ1n) is 10.7. The largest absolute Gasteiger partial charge is 0.381 e. The lowest BCUT2D eigenvalue weighted by Crippen LogP contribution is -2.59. The minimum absolute atomic E-state index is 0.125. The molecule has 2 aliphatic heterocycles. The van der Waals surface area contributed by atoms with E-state index in [1.165, 1.54) is 0 Å². The molecule has 0 aliphatic carbocycles. The van der Waals surface area contributed by atoms with Crippen LogP contribution >= 0.6 is 0 Å². The summed E-state index contributed by atoms with van der Waals surface area (Å²) in [5.74, 6) is 0.687. The SMILES string of the molecule is CCCC(=O)c1ccc(NC(=O)c2cc(C)cnc2N2CC3(CCOCC3)C2)cc1. The van der Waals surface area contributed by atoms with Gasteiger partial charge in [-0.2, -0.15) is 0 Å². The summed E-state index contributed by atoms with van der Waals surface area (Å²) in [5.41, 5.74) is 3.19. The Hall–Kier alpha value is -2.73. The second kappa shape index (κ2) is 8.56. The zero-order valence-electron chi connectivity index (χ0n) is 17.7. The molecule has 0 bridgehead atoms. The Bertz CT molecular complexity index is 925. The molecule has 1 aromatic heterocycles. The summed E-state index contributed by atoms with van der Waals surface area (Å²) in [6.45, 7) is 7.40. The van der Waals surface area contributed by atoms with Crippen molar-refractivity contribution in [2.45, 2.75) is 39.5 Å². The molecule has 0 atom stereocenters. The summed E-state index contributed by atoms with van der Waals surface area (Å²) in [6, 6.07) is 9.00. The molecule has 158 valence electrons. The van der Waals surface area contributed by atoms with E-state index in [0.717, 1.165) is 56.9 Å². The van der Waals surface area contributed by atoms with Crippen LogP contribution in [0.2, 0.25) is 0 Å². The Kier molecular flexibility index (Phi) is 5.86. The maximum Gasteiger partial charge on any atom is 0.259 e. The lowest BCUT2D eigenvalue weighted by molar-refractivity contribution is -0.000509. The molecule has 1 spiro atoms. The number of anilines is 2. The highest BCUT2D eigenvalue weighted by atomic mass is 16.5. The van der Waals surface area contributed by atoms with E-state index in [2.05, 4.69) is 15.2 Å². The van der Waals surface area contributed by atoms with Crippen molar-refractivity contribution < 1.29 is 14.3 Å². The number of nitrogens with zero attached hydrogens (tertiary/aromatic N) is 2. The van der Waals surface area contributed by atoms with Crippen LogP contribution in [0, 0.1) is 12.3 Å². The lowest BCUT2D eigenvalue weighted by Gasteiger charge is -2.53. The second-order valence-corrected chi connectivity index (χ2v) is 8.56. The Morgan fingerprint density at radius 3 is 2.53 bits per heavy atom. The maximum absolute atomic E-state index is 13.1. The van der Waals surface area contributed by atoms with Crippen LogP contribution in [0.5, 0.6) is 0 Å². The van der Waals surface area contributed by atoms with Gasteiger partial charge in [-0.3, -0.25) is 9.59 Å².